The highest BCUT2D eigenvalue weighted by molar-refractivity contribution is 6.44. The van der Waals surface area contributed by atoms with E-state index in [-0.39, 0.29) is 23.8 Å². The highest BCUT2D eigenvalue weighted by atomic mass is 35.5. The number of esters is 1. The van der Waals surface area contributed by atoms with Crippen LogP contribution in [0.4, 0.5) is 5.69 Å². The number of rotatable bonds is 5. The Morgan fingerprint density at radius 2 is 1.96 bits per heavy atom. The molecule has 138 valence electrons. The molecule has 1 unspecified atom stereocenters. The van der Waals surface area contributed by atoms with Gasteiger partial charge in [-0.1, -0.05) is 34.8 Å². The lowest BCUT2D eigenvalue weighted by Gasteiger charge is -2.32. The number of hydrogen-bond acceptors (Lipinski definition) is 3. The van der Waals surface area contributed by atoms with E-state index in [1.165, 1.54) is 12.1 Å². The zero-order valence-electron chi connectivity index (χ0n) is 14.2. The van der Waals surface area contributed by atoms with Crippen LogP contribution in [-0.2, 0) is 14.3 Å². The maximum Gasteiger partial charge on any atom is 0.314 e. The van der Waals surface area contributed by atoms with E-state index in [4.69, 9.17) is 39.5 Å². The molecule has 1 fully saturated rings. The Morgan fingerprint density at radius 1 is 1.28 bits per heavy atom. The normalized spacial score (nSPS) is 21.5. The van der Waals surface area contributed by atoms with Crippen molar-refractivity contribution < 1.29 is 19.2 Å². The molecule has 8 heteroatoms. The molecule has 1 aliphatic rings. The number of likely N-dealkylation sites (tertiary alicyclic amines) is 1. The summed E-state index contributed by atoms with van der Waals surface area (Å²) in [7, 11) is 0. The van der Waals surface area contributed by atoms with Crippen LogP contribution < -0.4 is 10.2 Å². The van der Waals surface area contributed by atoms with Crippen LogP contribution in [0.1, 0.15) is 26.7 Å². The van der Waals surface area contributed by atoms with Crippen molar-refractivity contribution in [2.24, 2.45) is 5.92 Å². The Labute approximate surface area is 162 Å². The highest BCUT2D eigenvalue weighted by Gasteiger charge is 2.35. The van der Waals surface area contributed by atoms with Crippen LogP contribution in [-0.4, -0.2) is 37.6 Å². The lowest BCUT2D eigenvalue weighted by Crippen LogP contribution is -3.18. The summed E-state index contributed by atoms with van der Waals surface area (Å²) in [5.74, 6) is -0.521. The van der Waals surface area contributed by atoms with Crippen molar-refractivity contribution in [2.45, 2.75) is 32.7 Å². The first-order chi connectivity index (χ1) is 11.8. The molecule has 0 saturated carbocycles. The molecular weight excluding hydrogens is 387 g/mol. The van der Waals surface area contributed by atoms with Gasteiger partial charge in [-0.2, -0.15) is 0 Å². The lowest BCUT2D eigenvalue weighted by atomic mass is 9.97. The summed E-state index contributed by atoms with van der Waals surface area (Å²) in [5, 5.41) is 3.77. The molecule has 2 rings (SSSR count). The van der Waals surface area contributed by atoms with Gasteiger partial charge in [-0.05, 0) is 38.8 Å². The number of benzene rings is 1. The molecule has 0 bridgehead atoms. The molecule has 1 heterocycles. The molecule has 2 N–H and O–H groups in total. The van der Waals surface area contributed by atoms with Crippen LogP contribution in [0.3, 0.4) is 0 Å². The third-order valence-corrected chi connectivity index (χ3v) is 5.49. The Hall–Kier alpha value is -1.01. The maximum absolute atomic E-state index is 12.6. The summed E-state index contributed by atoms with van der Waals surface area (Å²) in [5.41, 5.74) is 0.422. The minimum Gasteiger partial charge on any atom is -0.466 e. The Balaban J connectivity index is 2.02. The third-order valence-electron chi connectivity index (χ3n) is 4.45. The van der Waals surface area contributed by atoms with Crippen molar-refractivity contribution in [3.63, 3.8) is 0 Å². The second kappa shape index (κ2) is 9.08. The van der Waals surface area contributed by atoms with Crippen LogP contribution in [0.2, 0.25) is 15.1 Å². The minimum absolute atomic E-state index is 0.160. The van der Waals surface area contributed by atoms with Gasteiger partial charge in [0, 0.05) is 0 Å². The van der Waals surface area contributed by atoms with Crippen molar-refractivity contribution in [1.29, 1.82) is 0 Å². The standard InChI is InChI=1S/C17H21Cl3N2O3/c1-3-25-17(24)11-5-4-6-22(9-11)10(2)16(23)21-15-8-13(19)12(18)7-14(15)20/h7-8,10-11H,3-6,9H2,1-2H3,(H,21,23)/p+1/t10-,11+/m0/s1. The third kappa shape index (κ3) is 5.23. The van der Waals surface area contributed by atoms with Crippen LogP contribution in [0.25, 0.3) is 0 Å². The van der Waals surface area contributed by atoms with Crippen molar-refractivity contribution in [3.8, 4) is 0 Å². The number of quaternary nitrogens is 1. The van der Waals surface area contributed by atoms with Crippen LogP contribution in [0, 0.1) is 5.92 Å². The Morgan fingerprint density at radius 3 is 2.64 bits per heavy atom. The van der Waals surface area contributed by atoms with Gasteiger partial charge in [0.1, 0.15) is 5.92 Å². The van der Waals surface area contributed by atoms with Crippen molar-refractivity contribution >= 4 is 52.4 Å². The topological polar surface area (TPSA) is 59.8 Å². The number of piperidine rings is 1. The number of carbonyl (C=O) groups excluding carboxylic acids is 2. The number of ether oxygens (including phenoxy) is 1. The molecule has 0 spiro atoms. The van der Waals surface area contributed by atoms with Gasteiger partial charge in [-0.3, -0.25) is 9.59 Å². The van der Waals surface area contributed by atoms with E-state index >= 15 is 0 Å². The van der Waals surface area contributed by atoms with Gasteiger partial charge < -0.3 is 15.0 Å². The predicted molar refractivity (Wildman–Crippen MR) is 99.6 cm³/mol. The van der Waals surface area contributed by atoms with E-state index in [0.717, 1.165) is 24.3 Å². The lowest BCUT2D eigenvalue weighted by molar-refractivity contribution is -0.921. The molecule has 0 aromatic heterocycles. The van der Waals surface area contributed by atoms with Crippen LogP contribution in [0.15, 0.2) is 12.1 Å². The molecule has 1 aromatic rings. The largest absolute Gasteiger partial charge is 0.466 e. The quantitative estimate of drug-likeness (QED) is 0.582. The maximum atomic E-state index is 12.6. The first kappa shape index (κ1) is 20.3. The van der Waals surface area contributed by atoms with Crippen molar-refractivity contribution in [2.75, 3.05) is 25.0 Å². The summed E-state index contributed by atoms with van der Waals surface area (Å²) in [4.78, 5) is 25.6. The minimum atomic E-state index is -0.331. The summed E-state index contributed by atoms with van der Waals surface area (Å²) >= 11 is 18.0. The molecule has 1 aliphatic heterocycles. The number of halogens is 3. The smallest absolute Gasteiger partial charge is 0.314 e. The molecule has 1 saturated heterocycles. The Bertz CT molecular complexity index is 654. The number of amides is 1. The molecule has 0 aliphatic carbocycles. The molecule has 1 amide bonds. The van der Waals surface area contributed by atoms with Gasteiger partial charge in [0.05, 0.1) is 40.5 Å². The van der Waals surface area contributed by atoms with Crippen LogP contribution >= 0.6 is 34.8 Å². The highest BCUT2D eigenvalue weighted by Crippen LogP contribution is 2.32. The van der Waals surface area contributed by atoms with Gasteiger partial charge in [-0.15, -0.1) is 0 Å². The summed E-state index contributed by atoms with van der Waals surface area (Å²) in [6.45, 7) is 5.42. The number of hydrogen-bond donors (Lipinski definition) is 2. The van der Waals surface area contributed by atoms with E-state index in [0.29, 0.717) is 33.9 Å². The van der Waals surface area contributed by atoms with Gasteiger partial charge in [0.2, 0.25) is 0 Å². The number of anilines is 1. The van der Waals surface area contributed by atoms with Gasteiger partial charge in [0.15, 0.2) is 6.04 Å². The van der Waals surface area contributed by atoms with Gasteiger partial charge >= 0.3 is 5.97 Å². The number of carbonyl (C=O) groups is 2. The molecule has 0 radical (unpaired) electrons. The van der Waals surface area contributed by atoms with E-state index < -0.39 is 0 Å². The van der Waals surface area contributed by atoms with E-state index in [1.807, 2.05) is 6.92 Å². The summed E-state index contributed by atoms with van der Waals surface area (Å²) in [6.07, 6.45) is 1.68. The first-order valence-electron chi connectivity index (χ1n) is 8.30. The molecule has 25 heavy (non-hydrogen) atoms. The fraction of sp³-hybridized carbons (Fsp3) is 0.529. The molecule has 3 atom stereocenters. The molecular formula is C17H22Cl3N2O3+. The van der Waals surface area contributed by atoms with Crippen molar-refractivity contribution in [1.82, 2.24) is 0 Å². The van der Waals surface area contributed by atoms with Gasteiger partial charge in [0.25, 0.3) is 5.91 Å². The predicted octanol–water partition coefficient (Wildman–Crippen LogP) is 2.83. The average Bonchev–Trinajstić information content (AvgIpc) is 2.59. The first-order valence-corrected chi connectivity index (χ1v) is 9.43. The van der Waals surface area contributed by atoms with Gasteiger partial charge in [-0.25, -0.2) is 0 Å². The van der Waals surface area contributed by atoms with E-state index in [9.17, 15) is 9.59 Å². The monoisotopic (exact) mass is 407 g/mol. The zero-order valence-corrected chi connectivity index (χ0v) is 16.5. The van der Waals surface area contributed by atoms with E-state index in [1.54, 1.807) is 6.92 Å². The van der Waals surface area contributed by atoms with Crippen LogP contribution in [0.5, 0.6) is 0 Å². The summed E-state index contributed by atoms with van der Waals surface area (Å²) < 4.78 is 5.11. The fourth-order valence-corrected chi connectivity index (χ4v) is 3.59. The molecule has 1 aromatic carbocycles. The second-order valence-electron chi connectivity index (χ2n) is 6.16. The molecule has 5 nitrogen and oxygen atoms in total. The van der Waals surface area contributed by atoms with E-state index in [2.05, 4.69) is 5.32 Å². The second-order valence-corrected chi connectivity index (χ2v) is 7.38. The average molecular weight is 409 g/mol. The zero-order chi connectivity index (χ0) is 18.6. The summed E-state index contributed by atoms with van der Waals surface area (Å²) in [6, 6.07) is 2.70. The SMILES string of the molecule is CCOC(=O)[C@@H]1CCC[NH+]([C@@H](C)C(=O)Nc2cc(Cl)c(Cl)cc2Cl)C1. The fourth-order valence-electron chi connectivity index (χ4n) is 3.00. The number of nitrogens with one attached hydrogen (secondary N) is 2. The Kier molecular flexibility index (Phi) is 7.37. The van der Waals surface area contributed by atoms with Crippen molar-refractivity contribution in [3.05, 3.63) is 27.2 Å².